The molecule has 0 amide bonds. The summed E-state index contributed by atoms with van der Waals surface area (Å²) in [7, 11) is 1.83. The smallest absolute Gasteiger partial charge is 0.146 e. The van der Waals surface area contributed by atoms with E-state index in [1.54, 1.807) is 0 Å². The third-order valence-electron chi connectivity index (χ3n) is 3.49. The number of hydrogen-bond acceptors (Lipinski definition) is 5. The zero-order valence-electron chi connectivity index (χ0n) is 10.5. The predicted molar refractivity (Wildman–Crippen MR) is 75.7 cm³/mol. The normalized spacial score (nSPS) is 23.7. The molecule has 0 radical (unpaired) electrons. The molecule has 18 heavy (non-hydrogen) atoms. The summed E-state index contributed by atoms with van der Waals surface area (Å²) in [6.45, 7) is 0.235. The van der Waals surface area contributed by atoms with E-state index in [4.69, 9.17) is 0 Å². The summed E-state index contributed by atoms with van der Waals surface area (Å²) in [5.74, 6) is 1.88. The standard InChI is InChI=1S/C12H19BrN4O/c1-14-11-10(13)12(16-7-15-11)17-9-5-3-2-4-8(9)6-18/h7-9,18H,2-6H2,1H3,(H2,14,15,16,17). The molecule has 2 atom stereocenters. The van der Waals surface area contributed by atoms with Crippen LogP contribution in [0.15, 0.2) is 10.8 Å². The molecule has 6 heteroatoms. The number of rotatable bonds is 4. The van der Waals surface area contributed by atoms with Crippen molar-refractivity contribution >= 4 is 27.6 Å². The van der Waals surface area contributed by atoms with Crippen LogP contribution in [0.5, 0.6) is 0 Å². The Hall–Kier alpha value is -0.880. The SMILES string of the molecule is CNc1ncnc(NC2CCCCC2CO)c1Br. The van der Waals surface area contributed by atoms with Gasteiger partial charge in [0.1, 0.15) is 22.4 Å². The van der Waals surface area contributed by atoms with E-state index in [1.165, 1.54) is 19.2 Å². The topological polar surface area (TPSA) is 70.1 Å². The minimum atomic E-state index is 0.235. The van der Waals surface area contributed by atoms with Gasteiger partial charge in [-0.2, -0.15) is 0 Å². The third-order valence-corrected chi connectivity index (χ3v) is 4.24. The van der Waals surface area contributed by atoms with Crippen LogP contribution < -0.4 is 10.6 Å². The first kappa shape index (κ1) is 13.5. The lowest BCUT2D eigenvalue weighted by Crippen LogP contribution is -2.34. The van der Waals surface area contributed by atoms with Gasteiger partial charge >= 0.3 is 0 Å². The quantitative estimate of drug-likeness (QED) is 0.795. The van der Waals surface area contributed by atoms with Crippen molar-refractivity contribution in [2.24, 2.45) is 5.92 Å². The van der Waals surface area contributed by atoms with E-state index >= 15 is 0 Å². The first-order valence-corrected chi connectivity index (χ1v) is 7.11. The van der Waals surface area contributed by atoms with Gasteiger partial charge in [0.05, 0.1) is 0 Å². The molecule has 0 saturated heterocycles. The maximum Gasteiger partial charge on any atom is 0.146 e. The summed E-state index contributed by atoms with van der Waals surface area (Å²) in [6, 6.07) is 0.291. The zero-order valence-corrected chi connectivity index (χ0v) is 12.1. The Morgan fingerprint density at radius 2 is 2.06 bits per heavy atom. The summed E-state index contributed by atoms with van der Waals surface area (Å²) < 4.78 is 0.842. The molecule has 1 aliphatic carbocycles. The van der Waals surface area contributed by atoms with Gasteiger partial charge in [-0.3, -0.25) is 0 Å². The molecule has 5 nitrogen and oxygen atoms in total. The third kappa shape index (κ3) is 2.92. The maximum absolute atomic E-state index is 9.41. The molecule has 1 aromatic heterocycles. The molecule has 2 unspecified atom stereocenters. The zero-order chi connectivity index (χ0) is 13.0. The number of hydrogen-bond donors (Lipinski definition) is 3. The molecule has 0 aliphatic heterocycles. The van der Waals surface area contributed by atoms with Gasteiger partial charge in [0.2, 0.25) is 0 Å². The highest BCUT2D eigenvalue weighted by Crippen LogP contribution is 2.31. The van der Waals surface area contributed by atoms with Crippen LogP contribution in [-0.2, 0) is 0 Å². The molecule has 1 saturated carbocycles. The predicted octanol–water partition coefficient (Wildman–Crippen LogP) is 2.24. The van der Waals surface area contributed by atoms with E-state index in [2.05, 4.69) is 36.5 Å². The van der Waals surface area contributed by atoms with Crippen LogP contribution in [0.3, 0.4) is 0 Å². The Morgan fingerprint density at radius 1 is 1.33 bits per heavy atom. The van der Waals surface area contributed by atoms with Gasteiger partial charge in [-0.1, -0.05) is 12.8 Å². The van der Waals surface area contributed by atoms with E-state index < -0.39 is 0 Å². The Morgan fingerprint density at radius 3 is 2.78 bits per heavy atom. The van der Waals surface area contributed by atoms with Crippen LogP contribution in [0.25, 0.3) is 0 Å². The molecule has 1 aliphatic rings. The van der Waals surface area contributed by atoms with Crippen molar-refractivity contribution in [1.29, 1.82) is 0 Å². The lowest BCUT2D eigenvalue weighted by molar-refractivity contribution is 0.178. The van der Waals surface area contributed by atoms with E-state index in [0.29, 0.717) is 12.0 Å². The fourth-order valence-corrected chi connectivity index (χ4v) is 2.95. The lowest BCUT2D eigenvalue weighted by atomic mass is 9.85. The van der Waals surface area contributed by atoms with E-state index in [1.807, 2.05) is 7.05 Å². The summed E-state index contributed by atoms with van der Waals surface area (Å²) >= 11 is 3.50. The van der Waals surface area contributed by atoms with Gasteiger partial charge in [-0.15, -0.1) is 0 Å². The maximum atomic E-state index is 9.41. The van der Waals surface area contributed by atoms with Crippen LogP contribution in [0, 0.1) is 5.92 Å². The minimum absolute atomic E-state index is 0.235. The van der Waals surface area contributed by atoms with Crippen molar-refractivity contribution in [3.05, 3.63) is 10.8 Å². The largest absolute Gasteiger partial charge is 0.396 e. The summed E-state index contributed by atoms with van der Waals surface area (Å²) in [6.07, 6.45) is 6.11. The van der Waals surface area contributed by atoms with Crippen molar-refractivity contribution in [1.82, 2.24) is 9.97 Å². The van der Waals surface area contributed by atoms with Crippen LogP contribution in [0.1, 0.15) is 25.7 Å². The Balaban J connectivity index is 2.12. The first-order valence-electron chi connectivity index (χ1n) is 6.32. The highest BCUT2D eigenvalue weighted by Gasteiger charge is 2.25. The molecule has 1 heterocycles. The van der Waals surface area contributed by atoms with Gasteiger partial charge in [0.15, 0.2) is 0 Å². The van der Waals surface area contributed by atoms with Crippen LogP contribution in [-0.4, -0.2) is 34.8 Å². The average molecular weight is 315 g/mol. The average Bonchev–Trinajstić information content (AvgIpc) is 2.42. The molecular formula is C12H19BrN4O. The number of aliphatic hydroxyl groups excluding tert-OH is 1. The highest BCUT2D eigenvalue weighted by atomic mass is 79.9. The molecule has 100 valence electrons. The summed E-state index contributed by atoms with van der Waals surface area (Å²) in [4.78, 5) is 8.39. The monoisotopic (exact) mass is 314 g/mol. The number of aromatic nitrogens is 2. The van der Waals surface area contributed by atoms with Crippen LogP contribution >= 0.6 is 15.9 Å². The van der Waals surface area contributed by atoms with Crippen molar-refractivity contribution < 1.29 is 5.11 Å². The van der Waals surface area contributed by atoms with Gasteiger partial charge in [-0.25, -0.2) is 9.97 Å². The van der Waals surface area contributed by atoms with Gasteiger partial charge in [-0.05, 0) is 28.8 Å². The van der Waals surface area contributed by atoms with Crippen molar-refractivity contribution in [3.63, 3.8) is 0 Å². The lowest BCUT2D eigenvalue weighted by Gasteiger charge is -2.31. The number of anilines is 2. The molecular weight excluding hydrogens is 296 g/mol. The van der Waals surface area contributed by atoms with E-state index in [0.717, 1.165) is 29.0 Å². The number of aliphatic hydroxyl groups is 1. The van der Waals surface area contributed by atoms with Crippen LogP contribution in [0.2, 0.25) is 0 Å². The Kier molecular flexibility index (Phi) is 4.77. The summed E-state index contributed by atoms with van der Waals surface area (Å²) in [5, 5.41) is 15.9. The highest BCUT2D eigenvalue weighted by molar-refractivity contribution is 9.10. The van der Waals surface area contributed by atoms with Gasteiger partial charge in [0, 0.05) is 25.6 Å². The fourth-order valence-electron chi connectivity index (χ4n) is 2.44. The first-order chi connectivity index (χ1) is 8.76. The number of halogens is 1. The molecule has 1 fully saturated rings. The van der Waals surface area contributed by atoms with Gasteiger partial charge in [0.25, 0.3) is 0 Å². The van der Waals surface area contributed by atoms with Crippen LogP contribution in [0.4, 0.5) is 11.6 Å². The minimum Gasteiger partial charge on any atom is -0.396 e. The molecule has 0 aromatic carbocycles. The van der Waals surface area contributed by atoms with E-state index in [9.17, 15) is 5.11 Å². The van der Waals surface area contributed by atoms with Gasteiger partial charge < -0.3 is 15.7 Å². The van der Waals surface area contributed by atoms with Crippen molar-refractivity contribution in [2.75, 3.05) is 24.3 Å². The number of nitrogens with one attached hydrogen (secondary N) is 2. The molecule has 1 aromatic rings. The second-order valence-electron chi connectivity index (χ2n) is 4.61. The molecule has 2 rings (SSSR count). The number of nitrogens with zero attached hydrogens (tertiary/aromatic N) is 2. The Bertz CT molecular complexity index is 402. The Labute approximate surface area is 116 Å². The second kappa shape index (κ2) is 6.33. The van der Waals surface area contributed by atoms with Crippen molar-refractivity contribution in [2.45, 2.75) is 31.7 Å². The second-order valence-corrected chi connectivity index (χ2v) is 5.41. The summed E-state index contributed by atoms with van der Waals surface area (Å²) in [5.41, 5.74) is 0. The fraction of sp³-hybridized carbons (Fsp3) is 0.667. The van der Waals surface area contributed by atoms with Crippen molar-refractivity contribution in [3.8, 4) is 0 Å². The molecule has 3 N–H and O–H groups in total. The molecule has 0 spiro atoms. The molecule has 0 bridgehead atoms. The van der Waals surface area contributed by atoms with E-state index in [-0.39, 0.29) is 6.61 Å².